The monoisotopic (exact) mass is 318 g/mol. The van der Waals surface area contributed by atoms with Crippen molar-refractivity contribution in [3.8, 4) is 6.07 Å². The second kappa shape index (κ2) is 6.69. The van der Waals surface area contributed by atoms with Gasteiger partial charge in [0.05, 0.1) is 11.0 Å². The molecule has 0 aliphatic carbocycles. The molecule has 114 valence electrons. The van der Waals surface area contributed by atoms with Crippen molar-refractivity contribution in [3.63, 3.8) is 0 Å². The third-order valence-corrected chi connectivity index (χ3v) is 4.51. The molecule has 22 heavy (non-hydrogen) atoms. The highest BCUT2D eigenvalue weighted by Crippen LogP contribution is 2.15. The van der Waals surface area contributed by atoms with E-state index in [4.69, 9.17) is 5.26 Å². The Balaban J connectivity index is 2.21. The third kappa shape index (κ3) is 4.13. The van der Waals surface area contributed by atoms with E-state index in [-0.39, 0.29) is 11.3 Å². The molecule has 0 unspecified atom stereocenters. The summed E-state index contributed by atoms with van der Waals surface area (Å²) in [5.41, 5.74) is 1.34. The van der Waals surface area contributed by atoms with Crippen LogP contribution in [0.4, 0.5) is 4.39 Å². The van der Waals surface area contributed by atoms with Crippen molar-refractivity contribution in [3.05, 3.63) is 65.5 Å². The first kappa shape index (κ1) is 16.1. The van der Waals surface area contributed by atoms with E-state index in [1.165, 1.54) is 12.1 Å². The van der Waals surface area contributed by atoms with Gasteiger partial charge in [0.1, 0.15) is 11.9 Å². The lowest BCUT2D eigenvalue weighted by Crippen LogP contribution is -2.35. The van der Waals surface area contributed by atoms with Gasteiger partial charge in [-0.15, -0.1) is 0 Å². The molecule has 0 saturated heterocycles. The van der Waals surface area contributed by atoms with Gasteiger partial charge in [-0.2, -0.15) is 9.98 Å². The minimum atomic E-state index is -3.95. The Bertz CT molecular complexity index is 778. The summed E-state index contributed by atoms with van der Waals surface area (Å²) in [7, 11) is -3.95. The van der Waals surface area contributed by atoms with E-state index >= 15 is 0 Å². The average Bonchev–Trinajstić information content (AvgIpc) is 2.46. The van der Waals surface area contributed by atoms with Crippen LogP contribution in [0, 0.1) is 24.1 Å². The zero-order chi connectivity index (χ0) is 16.2. The molecule has 0 heterocycles. The first-order valence-corrected chi connectivity index (χ1v) is 8.12. The lowest BCUT2D eigenvalue weighted by Gasteiger charge is -2.13. The summed E-state index contributed by atoms with van der Waals surface area (Å²) >= 11 is 0. The van der Waals surface area contributed by atoms with Crippen LogP contribution in [-0.2, 0) is 16.4 Å². The number of rotatable bonds is 5. The number of hydrogen-bond acceptors (Lipinski definition) is 3. The highest BCUT2D eigenvalue weighted by Gasteiger charge is 2.21. The summed E-state index contributed by atoms with van der Waals surface area (Å²) in [5, 5.41) is 9.16. The van der Waals surface area contributed by atoms with Gasteiger partial charge in [0.15, 0.2) is 0 Å². The van der Waals surface area contributed by atoms with Gasteiger partial charge in [-0.1, -0.05) is 30.3 Å². The van der Waals surface area contributed by atoms with Crippen molar-refractivity contribution in [2.75, 3.05) is 0 Å². The van der Waals surface area contributed by atoms with E-state index in [0.717, 1.165) is 11.6 Å². The van der Waals surface area contributed by atoms with Crippen molar-refractivity contribution >= 4 is 10.0 Å². The third-order valence-electron chi connectivity index (χ3n) is 3.06. The highest BCUT2D eigenvalue weighted by molar-refractivity contribution is 7.89. The van der Waals surface area contributed by atoms with Crippen LogP contribution in [0.15, 0.2) is 53.4 Å². The summed E-state index contributed by atoms with van der Waals surface area (Å²) in [4.78, 5) is -0.182. The van der Waals surface area contributed by atoms with Crippen molar-refractivity contribution < 1.29 is 12.8 Å². The Hall–Kier alpha value is -2.23. The van der Waals surface area contributed by atoms with Crippen LogP contribution in [0.5, 0.6) is 0 Å². The summed E-state index contributed by atoms with van der Waals surface area (Å²) in [6.07, 6.45) is 0.241. The molecule has 0 aliphatic heterocycles. The van der Waals surface area contributed by atoms with Gasteiger partial charge in [-0.05, 0) is 36.2 Å². The molecule has 0 aliphatic rings. The Morgan fingerprint density at radius 3 is 2.50 bits per heavy atom. The maximum absolute atomic E-state index is 13.4. The zero-order valence-corrected chi connectivity index (χ0v) is 12.8. The lowest BCUT2D eigenvalue weighted by molar-refractivity contribution is 0.568. The first-order chi connectivity index (χ1) is 10.4. The standard InChI is InChI=1S/C16H15FN2O2S/c1-12-7-14(17)10-16(8-12)22(20,21)19-15(11-18)9-13-5-3-2-4-6-13/h2-8,10,15,19H,9H2,1H3/t15-/m0/s1. The van der Waals surface area contributed by atoms with E-state index in [9.17, 15) is 12.8 Å². The van der Waals surface area contributed by atoms with Crippen LogP contribution in [0.2, 0.25) is 0 Å². The van der Waals surface area contributed by atoms with Crippen LogP contribution < -0.4 is 4.72 Å². The molecule has 2 aromatic rings. The number of hydrogen-bond donors (Lipinski definition) is 1. The molecule has 1 atom stereocenters. The number of nitrogens with one attached hydrogen (secondary N) is 1. The number of benzene rings is 2. The van der Waals surface area contributed by atoms with Crippen molar-refractivity contribution in [2.45, 2.75) is 24.3 Å². The minimum absolute atomic E-state index is 0.182. The Labute approximate surface area is 129 Å². The van der Waals surface area contributed by atoms with Gasteiger partial charge in [-0.3, -0.25) is 0 Å². The fourth-order valence-corrected chi connectivity index (χ4v) is 3.33. The Morgan fingerprint density at radius 2 is 1.91 bits per heavy atom. The smallest absolute Gasteiger partial charge is 0.207 e. The van der Waals surface area contributed by atoms with Crippen LogP contribution in [0.1, 0.15) is 11.1 Å². The van der Waals surface area contributed by atoms with E-state index in [1.54, 1.807) is 6.92 Å². The van der Waals surface area contributed by atoms with Gasteiger partial charge in [0.2, 0.25) is 10.0 Å². The second-order valence-electron chi connectivity index (χ2n) is 4.96. The fraction of sp³-hybridized carbons (Fsp3) is 0.188. The molecular formula is C16H15FN2O2S. The molecule has 0 saturated carbocycles. The van der Waals surface area contributed by atoms with Gasteiger partial charge in [0, 0.05) is 6.42 Å². The Morgan fingerprint density at radius 1 is 1.23 bits per heavy atom. The van der Waals surface area contributed by atoms with Crippen molar-refractivity contribution in [1.29, 1.82) is 5.26 Å². The number of nitrogens with zero attached hydrogens (tertiary/aromatic N) is 1. The summed E-state index contributed by atoms with van der Waals surface area (Å²) in [5.74, 6) is -0.628. The van der Waals surface area contributed by atoms with E-state index in [1.807, 2.05) is 36.4 Å². The molecule has 0 spiro atoms. The number of nitriles is 1. The van der Waals surface area contributed by atoms with E-state index < -0.39 is 21.9 Å². The van der Waals surface area contributed by atoms with Crippen molar-refractivity contribution in [2.24, 2.45) is 0 Å². The van der Waals surface area contributed by atoms with E-state index in [0.29, 0.717) is 5.56 Å². The predicted molar refractivity (Wildman–Crippen MR) is 81.0 cm³/mol. The molecule has 2 aromatic carbocycles. The van der Waals surface area contributed by atoms with Crippen LogP contribution in [-0.4, -0.2) is 14.5 Å². The predicted octanol–water partition coefficient (Wildman–Crippen LogP) is 2.55. The molecule has 0 fully saturated rings. The number of sulfonamides is 1. The first-order valence-electron chi connectivity index (χ1n) is 6.64. The molecule has 4 nitrogen and oxygen atoms in total. The number of aryl methyl sites for hydroxylation is 1. The average molecular weight is 318 g/mol. The van der Waals surface area contributed by atoms with Crippen LogP contribution in [0.25, 0.3) is 0 Å². The number of halogens is 1. The molecule has 0 bridgehead atoms. The molecule has 1 N–H and O–H groups in total. The topological polar surface area (TPSA) is 70.0 Å². The van der Waals surface area contributed by atoms with Crippen LogP contribution in [0.3, 0.4) is 0 Å². The van der Waals surface area contributed by atoms with Crippen LogP contribution >= 0.6 is 0 Å². The molecule has 0 radical (unpaired) electrons. The largest absolute Gasteiger partial charge is 0.241 e. The van der Waals surface area contributed by atoms with Gasteiger partial charge in [-0.25, -0.2) is 12.8 Å². The maximum Gasteiger partial charge on any atom is 0.241 e. The fourth-order valence-electron chi connectivity index (χ4n) is 2.08. The maximum atomic E-state index is 13.4. The van der Waals surface area contributed by atoms with Crippen molar-refractivity contribution in [1.82, 2.24) is 4.72 Å². The molecule has 6 heteroatoms. The summed E-state index contributed by atoms with van der Waals surface area (Å²) in [6, 6.07) is 13.6. The molecule has 2 rings (SSSR count). The summed E-state index contributed by atoms with van der Waals surface area (Å²) < 4.78 is 40.2. The van der Waals surface area contributed by atoms with E-state index in [2.05, 4.69) is 4.72 Å². The van der Waals surface area contributed by atoms with Gasteiger partial charge >= 0.3 is 0 Å². The molecule has 0 amide bonds. The Kier molecular flexibility index (Phi) is 4.91. The normalized spacial score (nSPS) is 12.6. The highest BCUT2D eigenvalue weighted by atomic mass is 32.2. The molecular weight excluding hydrogens is 303 g/mol. The molecule has 0 aromatic heterocycles. The lowest BCUT2D eigenvalue weighted by atomic mass is 10.1. The SMILES string of the molecule is Cc1cc(F)cc(S(=O)(=O)N[C@H](C#N)Cc2ccccc2)c1. The quantitative estimate of drug-likeness (QED) is 0.921. The minimum Gasteiger partial charge on any atom is -0.207 e. The summed E-state index contributed by atoms with van der Waals surface area (Å²) in [6.45, 7) is 1.61. The zero-order valence-electron chi connectivity index (χ0n) is 12.0. The second-order valence-corrected chi connectivity index (χ2v) is 6.67. The van der Waals surface area contributed by atoms with Gasteiger partial charge in [0.25, 0.3) is 0 Å². The van der Waals surface area contributed by atoms with Gasteiger partial charge < -0.3 is 0 Å².